The predicted molar refractivity (Wildman–Crippen MR) is 91.8 cm³/mol. The number of amides is 1. The van der Waals surface area contributed by atoms with Crippen molar-refractivity contribution < 1.29 is 9.32 Å². The van der Waals surface area contributed by atoms with Crippen molar-refractivity contribution in [1.29, 1.82) is 0 Å². The minimum absolute atomic E-state index is 0.137. The fourth-order valence-electron chi connectivity index (χ4n) is 2.88. The van der Waals surface area contributed by atoms with Crippen LogP contribution in [0, 0.1) is 0 Å². The Kier molecular flexibility index (Phi) is 5.13. The summed E-state index contributed by atoms with van der Waals surface area (Å²) in [5.74, 6) is 1.92. The number of aryl methyl sites for hydroxylation is 1. The van der Waals surface area contributed by atoms with Crippen LogP contribution in [0.3, 0.4) is 0 Å². The summed E-state index contributed by atoms with van der Waals surface area (Å²) >= 11 is 1.41. The van der Waals surface area contributed by atoms with E-state index >= 15 is 0 Å². The molecule has 2 aromatic heterocycles. The van der Waals surface area contributed by atoms with E-state index in [1.54, 1.807) is 0 Å². The normalized spacial score (nSPS) is 18.3. The molecule has 2 N–H and O–H groups in total. The number of nitrogens with two attached hydrogens (primary N) is 1. The number of nitrogens with zero attached hydrogens (tertiary/aromatic N) is 4. The number of rotatable bonds is 5. The minimum atomic E-state index is 0.137. The third-order valence-corrected chi connectivity index (χ3v) is 4.98. The molecule has 1 aliphatic rings. The molecular weight excluding hydrogens is 326 g/mol. The second-order valence-electron chi connectivity index (χ2n) is 6.50. The van der Waals surface area contributed by atoms with Gasteiger partial charge in [0, 0.05) is 30.8 Å². The van der Waals surface area contributed by atoms with Gasteiger partial charge in [-0.2, -0.15) is 4.98 Å². The van der Waals surface area contributed by atoms with E-state index in [0.717, 1.165) is 30.9 Å². The van der Waals surface area contributed by atoms with Crippen LogP contribution in [0.4, 0.5) is 5.13 Å². The highest BCUT2D eigenvalue weighted by molar-refractivity contribution is 7.13. The van der Waals surface area contributed by atoms with Gasteiger partial charge in [0.25, 0.3) is 0 Å². The Labute approximate surface area is 145 Å². The second-order valence-corrected chi connectivity index (χ2v) is 7.39. The highest BCUT2D eigenvalue weighted by atomic mass is 32.1. The van der Waals surface area contributed by atoms with Crippen LogP contribution in [-0.2, 0) is 11.2 Å². The number of thiazole rings is 1. The number of anilines is 1. The van der Waals surface area contributed by atoms with Crippen LogP contribution in [0.5, 0.6) is 0 Å². The summed E-state index contributed by atoms with van der Waals surface area (Å²) in [6.45, 7) is 5.52. The molecular formula is C16H23N5O2S. The highest BCUT2D eigenvalue weighted by Gasteiger charge is 2.28. The van der Waals surface area contributed by atoms with Gasteiger partial charge in [0.2, 0.25) is 11.8 Å². The Morgan fingerprint density at radius 3 is 3.00 bits per heavy atom. The van der Waals surface area contributed by atoms with Gasteiger partial charge in [0.05, 0.1) is 11.6 Å². The number of hydrogen-bond donors (Lipinski definition) is 1. The van der Waals surface area contributed by atoms with Crippen molar-refractivity contribution in [1.82, 2.24) is 20.0 Å². The molecule has 24 heavy (non-hydrogen) atoms. The monoisotopic (exact) mass is 349 g/mol. The fraction of sp³-hybridized carbons (Fsp3) is 0.625. The van der Waals surface area contributed by atoms with E-state index in [1.807, 2.05) is 24.1 Å². The van der Waals surface area contributed by atoms with E-state index in [4.69, 9.17) is 10.3 Å². The van der Waals surface area contributed by atoms with Gasteiger partial charge in [-0.25, -0.2) is 4.98 Å². The number of piperidine rings is 1. The highest BCUT2D eigenvalue weighted by Crippen LogP contribution is 2.27. The van der Waals surface area contributed by atoms with E-state index in [2.05, 4.69) is 15.1 Å². The first-order chi connectivity index (χ1) is 11.5. The van der Waals surface area contributed by atoms with E-state index in [-0.39, 0.29) is 17.7 Å². The first-order valence-electron chi connectivity index (χ1n) is 8.34. The van der Waals surface area contributed by atoms with Crippen molar-refractivity contribution in [2.45, 2.75) is 51.4 Å². The Balaban J connectivity index is 1.56. The fourth-order valence-corrected chi connectivity index (χ4v) is 3.48. The zero-order valence-corrected chi connectivity index (χ0v) is 14.9. The van der Waals surface area contributed by atoms with Crippen LogP contribution >= 0.6 is 11.3 Å². The Hall–Kier alpha value is -1.96. The summed E-state index contributed by atoms with van der Waals surface area (Å²) < 4.78 is 5.40. The summed E-state index contributed by atoms with van der Waals surface area (Å²) in [5, 5.41) is 6.49. The molecule has 2 aromatic rings. The summed E-state index contributed by atoms with van der Waals surface area (Å²) in [5.41, 5.74) is 6.51. The van der Waals surface area contributed by atoms with Crippen LogP contribution in [0.15, 0.2) is 9.90 Å². The van der Waals surface area contributed by atoms with E-state index in [0.29, 0.717) is 30.4 Å². The van der Waals surface area contributed by atoms with Gasteiger partial charge in [-0.1, -0.05) is 19.0 Å². The molecule has 0 unspecified atom stereocenters. The summed E-state index contributed by atoms with van der Waals surface area (Å²) in [7, 11) is 0. The number of hydrogen-bond acceptors (Lipinski definition) is 7. The van der Waals surface area contributed by atoms with Gasteiger partial charge in [-0.05, 0) is 19.3 Å². The molecule has 1 atom stereocenters. The Morgan fingerprint density at radius 2 is 2.33 bits per heavy atom. The zero-order valence-electron chi connectivity index (χ0n) is 14.1. The van der Waals surface area contributed by atoms with Gasteiger partial charge < -0.3 is 15.2 Å². The molecule has 7 nitrogen and oxygen atoms in total. The van der Waals surface area contributed by atoms with Crippen molar-refractivity contribution in [2.24, 2.45) is 0 Å². The van der Waals surface area contributed by atoms with Crippen molar-refractivity contribution in [2.75, 3.05) is 18.8 Å². The van der Waals surface area contributed by atoms with Crippen LogP contribution in [0.25, 0.3) is 0 Å². The molecule has 0 aliphatic carbocycles. The van der Waals surface area contributed by atoms with Crippen molar-refractivity contribution in [3.8, 4) is 0 Å². The topological polar surface area (TPSA) is 98.1 Å². The first kappa shape index (κ1) is 16.9. The zero-order chi connectivity index (χ0) is 17.1. The number of carbonyl (C=O) groups excluding carboxylic acids is 1. The molecule has 0 saturated carbocycles. The number of carbonyl (C=O) groups is 1. The summed E-state index contributed by atoms with van der Waals surface area (Å²) in [6, 6.07) is 0. The first-order valence-corrected chi connectivity index (χ1v) is 9.22. The van der Waals surface area contributed by atoms with Crippen LogP contribution in [0.2, 0.25) is 0 Å². The quantitative estimate of drug-likeness (QED) is 0.891. The molecule has 8 heteroatoms. The lowest BCUT2D eigenvalue weighted by molar-refractivity contribution is -0.132. The molecule has 130 valence electrons. The van der Waals surface area contributed by atoms with Crippen LogP contribution in [0.1, 0.15) is 62.4 Å². The second kappa shape index (κ2) is 7.29. The molecule has 0 aromatic carbocycles. The minimum Gasteiger partial charge on any atom is -0.375 e. The number of aromatic nitrogens is 3. The van der Waals surface area contributed by atoms with Crippen molar-refractivity contribution in [3.63, 3.8) is 0 Å². The van der Waals surface area contributed by atoms with Crippen molar-refractivity contribution >= 4 is 22.4 Å². The molecule has 0 radical (unpaired) electrons. The van der Waals surface area contributed by atoms with Crippen LogP contribution in [-0.4, -0.2) is 39.0 Å². The molecule has 3 heterocycles. The van der Waals surface area contributed by atoms with Gasteiger partial charge >= 0.3 is 0 Å². The maximum Gasteiger partial charge on any atom is 0.231 e. The maximum absolute atomic E-state index is 12.5. The van der Waals surface area contributed by atoms with E-state index in [1.165, 1.54) is 11.3 Å². The lowest BCUT2D eigenvalue weighted by atomic mass is 9.97. The molecule has 1 fully saturated rings. The van der Waals surface area contributed by atoms with E-state index < -0.39 is 0 Å². The van der Waals surface area contributed by atoms with Gasteiger partial charge in [0.15, 0.2) is 11.0 Å². The Bertz CT molecular complexity index is 696. The third-order valence-electron chi connectivity index (χ3n) is 4.26. The largest absolute Gasteiger partial charge is 0.375 e. The lowest BCUT2D eigenvalue weighted by Crippen LogP contribution is -2.39. The van der Waals surface area contributed by atoms with E-state index in [9.17, 15) is 4.79 Å². The standard InChI is InChI=1S/C16H23N5O2S/c1-10(2)14-19-15(23-20-14)11-4-3-7-21(8-11)13(22)6-5-12-9-24-16(17)18-12/h9-11H,3-8H2,1-2H3,(H2,17,18)/t11-/m1/s1. The maximum atomic E-state index is 12.5. The molecule has 0 bridgehead atoms. The Morgan fingerprint density at radius 1 is 1.50 bits per heavy atom. The van der Waals surface area contributed by atoms with Crippen LogP contribution < -0.4 is 5.73 Å². The van der Waals surface area contributed by atoms with Gasteiger partial charge in [-0.15, -0.1) is 11.3 Å². The third kappa shape index (κ3) is 3.92. The summed E-state index contributed by atoms with van der Waals surface area (Å²) in [6.07, 6.45) is 3.02. The lowest BCUT2D eigenvalue weighted by Gasteiger charge is -2.31. The smallest absolute Gasteiger partial charge is 0.231 e. The number of likely N-dealkylation sites (tertiary alicyclic amines) is 1. The SMILES string of the molecule is CC(C)c1noc([C@@H]2CCCN(C(=O)CCc3csc(N)n3)C2)n1. The molecule has 3 rings (SSSR count). The summed E-state index contributed by atoms with van der Waals surface area (Å²) in [4.78, 5) is 23.1. The molecule has 0 spiro atoms. The number of nitrogen functional groups attached to an aromatic ring is 1. The van der Waals surface area contributed by atoms with Crippen molar-refractivity contribution in [3.05, 3.63) is 22.8 Å². The average Bonchev–Trinajstić information content (AvgIpc) is 3.22. The average molecular weight is 349 g/mol. The molecule has 1 amide bonds. The van der Waals surface area contributed by atoms with Gasteiger partial charge in [0.1, 0.15) is 0 Å². The molecule has 1 saturated heterocycles. The predicted octanol–water partition coefficient (Wildman–Crippen LogP) is 2.57. The van der Waals surface area contributed by atoms with Gasteiger partial charge in [-0.3, -0.25) is 4.79 Å². The molecule has 1 aliphatic heterocycles.